The SMILES string of the molecule is COC(=O)c1c(C)ccc(F)c1NC(=O)c1cncc(F)c1. The normalized spacial score (nSPS) is 10.2. The van der Waals surface area contributed by atoms with Crippen LogP contribution in [0.5, 0.6) is 0 Å². The number of nitrogens with zero attached hydrogens (tertiary/aromatic N) is 1. The van der Waals surface area contributed by atoms with E-state index in [0.717, 1.165) is 31.6 Å². The Balaban J connectivity index is 2.43. The van der Waals surface area contributed by atoms with Gasteiger partial charge in [-0.05, 0) is 24.6 Å². The maximum absolute atomic E-state index is 14.0. The largest absolute Gasteiger partial charge is 0.465 e. The van der Waals surface area contributed by atoms with Crippen molar-refractivity contribution in [1.82, 2.24) is 4.98 Å². The summed E-state index contributed by atoms with van der Waals surface area (Å²) in [6, 6.07) is 3.45. The number of aryl methyl sites for hydroxylation is 1. The summed E-state index contributed by atoms with van der Waals surface area (Å²) >= 11 is 0. The van der Waals surface area contributed by atoms with Crippen LogP contribution in [0.15, 0.2) is 30.6 Å². The summed E-state index contributed by atoms with van der Waals surface area (Å²) in [4.78, 5) is 27.4. The molecule has 1 amide bonds. The molecule has 1 heterocycles. The predicted octanol–water partition coefficient (Wildman–Crippen LogP) is 2.71. The van der Waals surface area contributed by atoms with Crippen molar-refractivity contribution in [2.24, 2.45) is 0 Å². The molecule has 22 heavy (non-hydrogen) atoms. The molecule has 1 N–H and O–H groups in total. The van der Waals surface area contributed by atoms with Crippen molar-refractivity contribution in [3.63, 3.8) is 0 Å². The summed E-state index contributed by atoms with van der Waals surface area (Å²) in [5.74, 6) is -3.08. The summed E-state index contributed by atoms with van der Waals surface area (Å²) in [6.45, 7) is 1.57. The number of ether oxygens (including phenoxy) is 1. The van der Waals surface area contributed by atoms with E-state index in [-0.39, 0.29) is 16.8 Å². The van der Waals surface area contributed by atoms with E-state index in [4.69, 9.17) is 0 Å². The number of benzene rings is 1. The second-order valence-corrected chi connectivity index (χ2v) is 4.45. The lowest BCUT2D eigenvalue weighted by Gasteiger charge is -2.13. The van der Waals surface area contributed by atoms with Crippen LogP contribution in [0.4, 0.5) is 14.5 Å². The first kappa shape index (κ1) is 15.6. The molecule has 1 aromatic heterocycles. The van der Waals surface area contributed by atoms with E-state index in [0.29, 0.717) is 5.56 Å². The first-order valence-electron chi connectivity index (χ1n) is 6.23. The number of hydrogen-bond donors (Lipinski definition) is 1. The van der Waals surface area contributed by atoms with Crippen LogP contribution in [0, 0.1) is 18.6 Å². The number of aromatic nitrogens is 1. The van der Waals surface area contributed by atoms with Crippen molar-refractivity contribution in [1.29, 1.82) is 0 Å². The number of rotatable bonds is 3. The molecule has 0 unspecified atom stereocenters. The van der Waals surface area contributed by atoms with E-state index >= 15 is 0 Å². The summed E-state index contributed by atoms with van der Waals surface area (Å²) in [6.07, 6.45) is 2.06. The zero-order chi connectivity index (χ0) is 16.3. The molecule has 0 saturated heterocycles. The van der Waals surface area contributed by atoms with Crippen LogP contribution in [-0.4, -0.2) is 24.0 Å². The lowest BCUT2D eigenvalue weighted by Crippen LogP contribution is -2.18. The van der Waals surface area contributed by atoms with Crippen molar-refractivity contribution in [3.05, 3.63) is 58.9 Å². The Labute approximate surface area is 124 Å². The molecule has 0 saturated carbocycles. The molecule has 0 aliphatic carbocycles. The fourth-order valence-electron chi connectivity index (χ4n) is 1.89. The molecule has 1 aromatic carbocycles. The number of anilines is 1. The van der Waals surface area contributed by atoms with Crippen molar-refractivity contribution in [2.45, 2.75) is 6.92 Å². The molecule has 0 spiro atoms. The summed E-state index contributed by atoms with van der Waals surface area (Å²) in [7, 11) is 1.15. The number of halogens is 2. The average Bonchev–Trinajstić information content (AvgIpc) is 2.50. The first-order chi connectivity index (χ1) is 10.4. The average molecular weight is 306 g/mol. The van der Waals surface area contributed by atoms with Gasteiger partial charge in [0.1, 0.15) is 11.6 Å². The fraction of sp³-hybridized carbons (Fsp3) is 0.133. The summed E-state index contributed by atoms with van der Waals surface area (Å²) in [5, 5.41) is 2.26. The Morgan fingerprint density at radius 3 is 2.59 bits per heavy atom. The highest BCUT2D eigenvalue weighted by molar-refractivity contribution is 6.08. The van der Waals surface area contributed by atoms with E-state index in [1.165, 1.54) is 6.07 Å². The molecule has 0 atom stereocenters. The quantitative estimate of drug-likeness (QED) is 0.885. The van der Waals surface area contributed by atoms with Gasteiger partial charge >= 0.3 is 5.97 Å². The molecule has 7 heteroatoms. The first-order valence-corrected chi connectivity index (χ1v) is 6.23. The highest BCUT2D eigenvalue weighted by atomic mass is 19.1. The number of carbonyl (C=O) groups is 2. The monoisotopic (exact) mass is 306 g/mol. The maximum atomic E-state index is 14.0. The molecule has 2 aromatic rings. The second kappa shape index (κ2) is 6.30. The molecule has 0 radical (unpaired) electrons. The lowest BCUT2D eigenvalue weighted by atomic mass is 10.1. The van der Waals surface area contributed by atoms with Gasteiger partial charge < -0.3 is 10.1 Å². The Bertz CT molecular complexity index is 748. The summed E-state index contributed by atoms with van der Waals surface area (Å²) in [5.41, 5.74) is -0.0843. The van der Waals surface area contributed by atoms with Gasteiger partial charge in [-0.3, -0.25) is 9.78 Å². The third kappa shape index (κ3) is 3.08. The fourth-order valence-corrected chi connectivity index (χ4v) is 1.89. The number of hydrogen-bond acceptors (Lipinski definition) is 4. The molecule has 0 aliphatic heterocycles. The van der Waals surface area contributed by atoms with Gasteiger partial charge in [-0.15, -0.1) is 0 Å². The number of amides is 1. The maximum Gasteiger partial charge on any atom is 0.340 e. The van der Waals surface area contributed by atoms with Crippen molar-refractivity contribution < 1.29 is 23.1 Å². The molecule has 0 aliphatic rings. The minimum absolute atomic E-state index is 0.0970. The highest BCUT2D eigenvalue weighted by Crippen LogP contribution is 2.25. The molecular formula is C15H12F2N2O3. The third-order valence-electron chi connectivity index (χ3n) is 2.96. The van der Waals surface area contributed by atoms with Crippen molar-refractivity contribution in [2.75, 3.05) is 12.4 Å². The van der Waals surface area contributed by atoms with Gasteiger partial charge in [0.25, 0.3) is 5.91 Å². The van der Waals surface area contributed by atoms with Gasteiger partial charge in [0.2, 0.25) is 0 Å². The van der Waals surface area contributed by atoms with Crippen LogP contribution >= 0.6 is 0 Å². The Hall–Kier alpha value is -2.83. The van der Waals surface area contributed by atoms with E-state index in [2.05, 4.69) is 15.0 Å². The van der Waals surface area contributed by atoms with Gasteiger partial charge in [-0.25, -0.2) is 13.6 Å². The Morgan fingerprint density at radius 1 is 1.23 bits per heavy atom. The zero-order valence-corrected chi connectivity index (χ0v) is 11.8. The van der Waals surface area contributed by atoms with E-state index < -0.39 is 23.5 Å². The highest BCUT2D eigenvalue weighted by Gasteiger charge is 2.21. The minimum atomic E-state index is -0.802. The van der Waals surface area contributed by atoms with Gasteiger partial charge in [0.15, 0.2) is 0 Å². The van der Waals surface area contributed by atoms with Crippen LogP contribution in [0.25, 0.3) is 0 Å². The van der Waals surface area contributed by atoms with Gasteiger partial charge in [0, 0.05) is 6.20 Å². The van der Waals surface area contributed by atoms with E-state index in [1.54, 1.807) is 6.92 Å². The Kier molecular flexibility index (Phi) is 4.45. The van der Waals surface area contributed by atoms with Gasteiger partial charge in [-0.2, -0.15) is 0 Å². The minimum Gasteiger partial charge on any atom is -0.465 e. The second-order valence-electron chi connectivity index (χ2n) is 4.45. The number of nitrogens with one attached hydrogen (secondary N) is 1. The van der Waals surface area contributed by atoms with Crippen LogP contribution < -0.4 is 5.32 Å². The Morgan fingerprint density at radius 2 is 1.95 bits per heavy atom. The number of methoxy groups -OCH3 is 1. The predicted molar refractivity (Wildman–Crippen MR) is 74.6 cm³/mol. The molecule has 114 valence electrons. The van der Waals surface area contributed by atoms with Crippen LogP contribution in [0.3, 0.4) is 0 Å². The molecule has 0 bridgehead atoms. The molecular weight excluding hydrogens is 294 g/mol. The van der Waals surface area contributed by atoms with Crippen molar-refractivity contribution in [3.8, 4) is 0 Å². The third-order valence-corrected chi connectivity index (χ3v) is 2.96. The van der Waals surface area contributed by atoms with Crippen LogP contribution in [0.1, 0.15) is 26.3 Å². The number of carbonyl (C=O) groups excluding carboxylic acids is 2. The smallest absolute Gasteiger partial charge is 0.340 e. The number of esters is 1. The lowest BCUT2D eigenvalue weighted by molar-refractivity contribution is 0.0600. The van der Waals surface area contributed by atoms with Gasteiger partial charge in [-0.1, -0.05) is 6.07 Å². The van der Waals surface area contributed by atoms with Crippen molar-refractivity contribution >= 4 is 17.6 Å². The zero-order valence-electron chi connectivity index (χ0n) is 11.8. The molecule has 2 rings (SSSR count). The molecule has 0 fully saturated rings. The molecule has 5 nitrogen and oxygen atoms in total. The standard InChI is InChI=1S/C15H12F2N2O3/c1-8-3-4-11(17)13(12(8)15(21)22-2)19-14(20)9-5-10(16)7-18-6-9/h3-7H,1-2H3,(H,19,20). The van der Waals surface area contributed by atoms with Crippen LogP contribution in [0.2, 0.25) is 0 Å². The van der Waals surface area contributed by atoms with E-state index in [9.17, 15) is 18.4 Å². The summed E-state index contributed by atoms with van der Waals surface area (Å²) < 4.78 is 31.6. The van der Waals surface area contributed by atoms with E-state index in [1.807, 2.05) is 0 Å². The van der Waals surface area contributed by atoms with Gasteiger partial charge in [0.05, 0.1) is 30.1 Å². The topological polar surface area (TPSA) is 68.3 Å². The van der Waals surface area contributed by atoms with Crippen LogP contribution in [-0.2, 0) is 4.74 Å². The number of pyridine rings is 1.